The Labute approximate surface area is 144 Å². The standard InChI is InChI=1S/C17H16ClN3O3/c18-15-9-14(21(23)24)5-6-16(15)19-17(22)11-20-8-7-12-3-1-2-4-13(12)10-20/h1-6,9H,7-8,10-11H2,(H,19,22). The summed E-state index contributed by atoms with van der Waals surface area (Å²) in [5.74, 6) is -0.190. The number of nitro groups is 1. The summed E-state index contributed by atoms with van der Waals surface area (Å²) in [4.78, 5) is 24.5. The molecule has 0 atom stereocenters. The second kappa shape index (κ2) is 6.98. The molecule has 0 saturated carbocycles. The Morgan fingerprint density at radius 2 is 2.00 bits per heavy atom. The molecule has 3 rings (SSSR count). The van der Waals surface area contributed by atoms with Gasteiger partial charge in [0.05, 0.1) is 22.2 Å². The number of nitrogens with one attached hydrogen (secondary N) is 1. The van der Waals surface area contributed by atoms with Gasteiger partial charge in [0.15, 0.2) is 0 Å². The van der Waals surface area contributed by atoms with Crippen molar-refractivity contribution < 1.29 is 9.72 Å². The normalized spacial score (nSPS) is 14.0. The topological polar surface area (TPSA) is 75.5 Å². The number of fused-ring (bicyclic) bond motifs is 1. The third-order valence-corrected chi connectivity index (χ3v) is 4.33. The zero-order valence-corrected chi connectivity index (χ0v) is 13.6. The second-order valence-electron chi connectivity index (χ2n) is 5.70. The van der Waals surface area contributed by atoms with Gasteiger partial charge in [0.1, 0.15) is 0 Å². The Balaban J connectivity index is 1.61. The van der Waals surface area contributed by atoms with Crippen LogP contribution in [0.5, 0.6) is 0 Å². The van der Waals surface area contributed by atoms with Gasteiger partial charge in [0.25, 0.3) is 5.69 Å². The van der Waals surface area contributed by atoms with E-state index < -0.39 is 4.92 Å². The first-order chi connectivity index (χ1) is 11.5. The SMILES string of the molecule is O=C(CN1CCc2ccccc2C1)Nc1ccc([N+](=O)[O-])cc1Cl. The summed E-state index contributed by atoms with van der Waals surface area (Å²) in [5.41, 5.74) is 2.84. The molecule has 1 heterocycles. The molecule has 0 unspecified atom stereocenters. The van der Waals surface area contributed by atoms with Crippen LogP contribution in [0.25, 0.3) is 0 Å². The number of non-ortho nitro benzene ring substituents is 1. The van der Waals surface area contributed by atoms with E-state index in [4.69, 9.17) is 11.6 Å². The third kappa shape index (κ3) is 3.72. The van der Waals surface area contributed by atoms with Gasteiger partial charge >= 0.3 is 0 Å². The maximum absolute atomic E-state index is 12.2. The quantitative estimate of drug-likeness (QED) is 0.681. The first-order valence-electron chi connectivity index (χ1n) is 7.56. The lowest BCUT2D eigenvalue weighted by molar-refractivity contribution is -0.384. The van der Waals surface area contributed by atoms with Crippen molar-refractivity contribution in [1.29, 1.82) is 0 Å². The van der Waals surface area contributed by atoms with Crippen molar-refractivity contribution in [2.75, 3.05) is 18.4 Å². The van der Waals surface area contributed by atoms with Gasteiger partial charge in [-0.25, -0.2) is 0 Å². The maximum atomic E-state index is 12.2. The number of halogens is 1. The summed E-state index contributed by atoms with van der Waals surface area (Å²) < 4.78 is 0. The first-order valence-corrected chi connectivity index (χ1v) is 7.93. The average Bonchev–Trinajstić information content (AvgIpc) is 2.56. The van der Waals surface area contributed by atoms with Gasteiger partial charge in [-0.05, 0) is 23.6 Å². The van der Waals surface area contributed by atoms with Crippen LogP contribution in [-0.2, 0) is 17.8 Å². The fraction of sp³-hybridized carbons (Fsp3) is 0.235. The number of benzene rings is 2. The molecule has 0 radical (unpaired) electrons. The fourth-order valence-corrected chi connectivity index (χ4v) is 3.02. The van der Waals surface area contributed by atoms with Gasteiger partial charge in [0, 0.05) is 25.2 Å². The van der Waals surface area contributed by atoms with Gasteiger partial charge in [-0.3, -0.25) is 19.8 Å². The van der Waals surface area contributed by atoms with Crippen molar-refractivity contribution in [2.24, 2.45) is 0 Å². The lowest BCUT2D eigenvalue weighted by atomic mass is 10.00. The number of anilines is 1. The van der Waals surface area contributed by atoms with Crippen LogP contribution < -0.4 is 5.32 Å². The summed E-state index contributed by atoms with van der Waals surface area (Å²) in [6.45, 7) is 1.80. The minimum Gasteiger partial charge on any atom is -0.324 e. The fourth-order valence-electron chi connectivity index (χ4n) is 2.80. The summed E-state index contributed by atoms with van der Waals surface area (Å²) in [5, 5.41) is 13.6. The smallest absolute Gasteiger partial charge is 0.271 e. The van der Waals surface area contributed by atoms with Crippen LogP contribution in [0.15, 0.2) is 42.5 Å². The van der Waals surface area contributed by atoms with E-state index in [0.717, 1.165) is 19.5 Å². The van der Waals surface area contributed by atoms with Crippen molar-refractivity contribution in [3.63, 3.8) is 0 Å². The van der Waals surface area contributed by atoms with Crippen LogP contribution in [0.1, 0.15) is 11.1 Å². The van der Waals surface area contributed by atoms with Crippen molar-refractivity contribution >= 4 is 28.9 Å². The molecule has 24 heavy (non-hydrogen) atoms. The summed E-state index contributed by atoms with van der Waals surface area (Å²) in [6, 6.07) is 12.2. The van der Waals surface area contributed by atoms with Gasteiger partial charge in [-0.1, -0.05) is 35.9 Å². The lowest BCUT2D eigenvalue weighted by Crippen LogP contribution is -2.37. The highest BCUT2D eigenvalue weighted by Gasteiger charge is 2.19. The van der Waals surface area contributed by atoms with Crippen molar-refractivity contribution in [1.82, 2.24) is 4.90 Å². The zero-order chi connectivity index (χ0) is 17.1. The number of hydrogen-bond acceptors (Lipinski definition) is 4. The summed E-state index contributed by atoms with van der Waals surface area (Å²) in [6.07, 6.45) is 0.918. The zero-order valence-electron chi connectivity index (χ0n) is 12.9. The first kappa shape index (κ1) is 16.4. The molecule has 1 N–H and O–H groups in total. The molecule has 1 aliphatic rings. The van der Waals surface area contributed by atoms with Crippen molar-refractivity contribution in [3.05, 3.63) is 68.7 Å². The predicted molar refractivity (Wildman–Crippen MR) is 92.2 cm³/mol. The number of amides is 1. The lowest BCUT2D eigenvalue weighted by Gasteiger charge is -2.28. The van der Waals surface area contributed by atoms with Crippen LogP contribution in [0, 0.1) is 10.1 Å². The average molecular weight is 346 g/mol. The highest BCUT2D eigenvalue weighted by Crippen LogP contribution is 2.26. The predicted octanol–water partition coefficient (Wildman–Crippen LogP) is 3.25. The maximum Gasteiger partial charge on any atom is 0.271 e. The molecule has 1 aliphatic heterocycles. The van der Waals surface area contributed by atoms with Gasteiger partial charge in [-0.15, -0.1) is 0 Å². The molecular weight excluding hydrogens is 330 g/mol. The molecule has 2 aromatic rings. The van der Waals surface area contributed by atoms with E-state index in [-0.39, 0.29) is 23.2 Å². The van der Waals surface area contributed by atoms with E-state index >= 15 is 0 Å². The highest BCUT2D eigenvalue weighted by molar-refractivity contribution is 6.34. The molecule has 6 nitrogen and oxygen atoms in total. The molecule has 0 aromatic heterocycles. The molecule has 124 valence electrons. The van der Waals surface area contributed by atoms with E-state index in [0.29, 0.717) is 5.69 Å². The number of carbonyl (C=O) groups excluding carboxylic acids is 1. The molecule has 0 aliphatic carbocycles. The number of nitrogens with zero attached hydrogens (tertiary/aromatic N) is 2. The molecular formula is C17H16ClN3O3. The van der Waals surface area contributed by atoms with Crippen LogP contribution in [0.4, 0.5) is 11.4 Å². The molecule has 0 saturated heterocycles. The molecule has 1 amide bonds. The second-order valence-corrected chi connectivity index (χ2v) is 6.11. The van der Waals surface area contributed by atoms with Crippen LogP contribution >= 0.6 is 11.6 Å². The Morgan fingerprint density at radius 3 is 2.71 bits per heavy atom. The Bertz CT molecular complexity index is 794. The number of nitro benzene ring substituents is 1. The van der Waals surface area contributed by atoms with E-state index in [1.54, 1.807) is 0 Å². The number of rotatable bonds is 4. The summed E-state index contributed by atoms with van der Waals surface area (Å²) >= 11 is 5.99. The molecule has 0 fully saturated rings. The molecule has 0 spiro atoms. The molecule has 2 aromatic carbocycles. The van der Waals surface area contributed by atoms with Crippen LogP contribution in [0.2, 0.25) is 5.02 Å². The van der Waals surface area contributed by atoms with Gasteiger partial charge in [-0.2, -0.15) is 0 Å². The van der Waals surface area contributed by atoms with E-state index in [9.17, 15) is 14.9 Å². The van der Waals surface area contributed by atoms with Gasteiger partial charge < -0.3 is 5.32 Å². The van der Waals surface area contributed by atoms with Crippen LogP contribution in [-0.4, -0.2) is 28.8 Å². The largest absolute Gasteiger partial charge is 0.324 e. The Kier molecular flexibility index (Phi) is 4.78. The number of carbonyl (C=O) groups is 1. The third-order valence-electron chi connectivity index (χ3n) is 4.01. The minimum absolute atomic E-state index is 0.106. The molecule has 0 bridgehead atoms. The highest BCUT2D eigenvalue weighted by atomic mass is 35.5. The number of hydrogen-bond donors (Lipinski definition) is 1. The Hall–Kier alpha value is -2.44. The summed E-state index contributed by atoms with van der Waals surface area (Å²) in [7, 11) is 0. The van der Waals surface area contributed by atoms with Crippen molar-refractivity contribution in [3.8, 4) is 0 Å². The minimum atomic E-state index is -0.525. The Morgan fingerprint density at radius 1 is 1.25 bits per heavy atom. The van der Waals surface area contributed by atoms with Gasteiger partial charge in [0.2, 0.25) is 5.91 Å². The van der Waals surface area contributed by atoms with E-state index in [2.05, 4.69) is 22.3 Å². The molecule has 7 heteroatoms. The monoisotopic (exact) mass is 345 g/mol. The van der Waals surface area contributed by atoms with E-state index in [1.807, 2.05) is 12.1 Å². The van der Waals surface area contributed by atoms with E-state index in [1.165, 1.54) is 29.3 Å². The van der Waals surface area contributed by atoms with Crippen molar-refractivity contribution in [2.45, 2.75) is 13.0 Å². The van der Waals surface area contributed by atoms with Crippen LogP contribution in [0.3, 0.4) is 0 Å².